The SMILES string of the molecule is COc1cccc2[nH]cc(C(=O)N3CCC4(CCC(NC5C=NN(CCO)C5)CC4)C3)c12. The third kappa shape index (κ3) is 3.97. The minimum Gasteiger partial charge on any atom is -0.496 e. The maximum absolute atomic E-state index is 13.4. The lowest BCUT2D eigenvalue weighted by atomic mass is 9.72. The first kappa shape index (κ1) is 21.3. The first-order valence-electron chi connectivity index (χ1n) is 11.7. The van der Waals surface area contributed by atoms with Gasteiger partial charge in [-0.25, -0.2) is 0 Å². The zero-order valence-electron chi connectivity index (χ0n) is 18.7. The lowest BCUT2D eigenvalue weighted by molar-refractivity contribution is 0.0754. The van der Waals surface area contributed by atoms with Gasteiger partial charge in [0.1, 0.15) is 5.75 Å². The molecule has 5 rings (SSSR count). The van der Waals surface area contributed by atoms with Crippen molar-refractivity contribution in [2.24, 2.45) is 10.5 Å². The van der Waals surface area contributed by atoms with Crippen LogP contribution in [0, 0.1) is 5.41 Å². The van der Waals surface area contributed by atoms with Crippen molar-refractivity contribution < 1.29 is 14.6 Å². The molecule has 2 aliphatic heterocycles. The zero-order valence-corrected chi connectivity index (χ0v) is 18.7. The maximum Gasteiger partial charge on any atom is 0.256 e. The zero-order chi connectivity index (χ0) is 22.1. The average molecular weight is 440 g/mol. The number of fused-ring (bicyclic) bond motifs is 1. The normalized spacial score (nSPS) is 27.7. The van der Waals surface area contributed by atoms with E-state index in [1.165, 1.54) is 0 Å². The van der Waals surface area contributed by atoms with E-state index < -0.39 is 0 Å². The molecule has 0 bridgehead atoms. The molecule has 8 heteroatoms. The molecule has 1 aromatic carbocycles. The van der Waals surface area contributed by atoms with Gasteiger partial charge in [0.2, 0.25) is 0 Å². The number of hydrogen-bond donors (Lipinski definition) is 3. The molecule has 2 fully saturated rings. The van der Waals surface area contributed by atoms with E-state index in [0.29, 0.717) is 18.2 Å². The van der Waals surface area contributed by atoms with Crippen LogP contribution in [-0.2, 0) is 0 Å². The van der Waals surface area contributed by atoms with Crippen LogP contribution in [0.3, 0.4) is 0 Å². The number of rotatable bonds is 6. The summed E-state index contributed by atoms with van der Waals surface area (Å²) < 4.78 is 5.51. The van der Waals surface area contributed by atoms with Crippen LogP contribution in [0.25, 0.3) is 10.9 Å². The second-order valence-corrected chi connectivity index (χ2v) is 9.51. The summed E-state index contributed by atoms with van der Waals surface area (Å²) in [5.41, 5.74) is 1.88. The Hall–Kier alpha value is -2.58. The molecule has 1 unspecified atom stereocenters. The van der Waals surface area contributed by atoms with E-state index in [2.05, 4.69) is 15.4 Å². The Balaban J connectivity index is 1.19. The molecule has 1 aromatic heterocycles. The van der Waals surface area contributed by atoms with E-state index >= 15 is 0 Å². The van der Waals surface area contributed by atoms with E-state index in [-0.39, 0.29) is 24.0 Å². The molecular formula is C24H33N5O3. The fourth-order valence-electron chi connectivity index (χ4n) is 5.73. The molecule has 3 aliphatic rings. The monoisotopic (exact) mass is 439 g/mol. The Morgan fingerprint density at radius 1 is 1.34 bits per heavy atom. The van der Waals surface area contributed by atoms with Crippen molar-refractivity contribution in [1.29, 1.82) is 0 Å². The lowest BCUT2D eigenvalue weighted by Gasteiger charge is -2.38. The molecule has 3 heterocycles. The summed E-state index contributed by atoms with van der Waals surface area (Å²) in [5.74, 6) is 0.838. The number of H-pyrrole nitrogens is 1. The van der Waals surface area contributed by atoms with Crippen molar-refractivity contribution in [3.05, 3.63) is 30.0 Å². The predicted molar refractivity (Wildman–Crippen MR) is 124 cm³/mol. The molecule has 1 aliphatic carbocycles. The Kier molecular flexibility index (Phi) is 5.82. The topological polar surface area (TPSA) is 93.2 Å². The van der Waals surface area contributed by atoms with Crippen molar-refractivity contribution >= 4 is 23.0 Å². The van der Waals surface area contributed by atoms with Gasteiger partial charge in [-0.15, -0.1) is 0 Å². The summed E-state index contributed by atoms with van der Waals surface area (Å²) in [6, 6.07) is 6.58. The molecule has 0 radical (unpaired) electrons. The van der Waals surface area contributed by atoms with Gasteiger partial charge in [-0.05, 0) is 49.7 Å². The van der Waals surface area contributed by atoms with Crippen molar-refractivity contribution in [3.63, 3.8) is 0 Å². The summed E-state index contributed by atoms with van der Waals surface area (Å²) >= 11 is 0. The third-order valence-corrected chi connectivity index (χ3v) is 7.51. The number of β-amino-alcohol motifs (C(OH)–C–C–N with tert-alkyl or cyclic N) is 1. The number of nitrogens with zero attached hydrogens (tertiary/aromatic N) is 3. The van der Waals surface area contributed by atoms with Gasteiger partial charge in [-0.2, -0.15) is 5.10 Å². The number of aromatic amines is 1. The van der Waals surface area contributed by atoms with Crippen molar-refractivity contribution in [3.8, 4) is 5.75 Å². The number of aromatic nitrogens is 1. The van der Waals surface area contributed by atoms with Crippen LogP contribution in [0.1, 0.15) is 42.5 Å². The van der Waals surface area contributed by atoms with Gasteiger partial charge in [0, 0.05) is 37.1 Å². The largest absolute Gasteiger partial charge is 0.496 e. The number of carbonyl (C=O) groups excluding carboxylic acids is 1. The number of hydrazone groups is 1. The van der Waals surface area contributed by atoms with E-state index in [1.807, 2.05) is 40.5 Å². The summed E-state index contributed by atoms with van der Waals surface area (Å²) in [6.45, 7) is 3.23. The summed E-state index contributed by atoms with van der Waals surface area (Å²) in [5, 5.41) is 20.0. The minimum atomic E-state index is 0.101. The quantitative estimate of drug-likeness (QED) is 0.642. The average Bonchev–Trinajstić information content (AvgIpc) is 3.54. The van der Waals surface area contributed by atoms with Crippen LogP contribution in [-0.4, -0.2) is 84.1 Å². The van der Waals surface area contributed by atoms with Crippen molar-refractivity contribution in [2.45, 2.75) is 44.2 Å². The number of hydrogen-bond acceptors (Lipinski definition) is 6. The summed E-state index contributed by atoms with van der Waals surface area (Å²) in [6.07, 6.45) is 9.43. The standard InChI is InChI=1S/C24H33N5O3/c1-32-21-4-2-3-20-22(21)19(14-25-20)23(31)28-10-9-24(16-28)7-5-17(6-8-24)27-18-13-26-29(15-18)11-12-30/h2-4,13-14,17-18,25,27,30H,5-12,15-16H2,1H3. The third-order valence-electron chi connectivity index (χ3n) is 7.51. The highest BCUT2D eigenvalue weighted by Crippen LogP contribution is 2.44. The molecule has 1 amide bonds. The number of amides is 1. The van der Waals surface area contributed by atoms with E-state index in [1.54, 1.807) is 7.11 Å². The molecule has 1 saturated heterocycles. The van der Waals surface area contributed by atoms with E-state index in [9.17, 15) is 4.79 Å². The van der Waals surface area contributed by atoms with Gasteiger partial charge in [0.05, 0.1) is 43.8 Å². The van der Waals surface area contributed by atoms with E-state index in [0.717, 1.165) is 68.4 Å². The van der Waals surface area contributed by atoms with Gasteiger partial charge in [0.25, 0.3) is 5.91 Å². The summed E-state index contributed by atoms with van der Waals surface area (Å²) in [4.78, 5) is 18.7. The fraction of sp³-hybridized carbons (Fsp3) is 0.583. The minimum absolute atomic E-state index is 0.101. The number of ether oxygens (including phenoxy) is 1. The number of aliphatic hydroxyl groups excluding tert-OH is 1. The molecule has 1 saturated carbocycles. The van der Waals surface area contributed by atoms with Crippen molar-refractivity contribution in [2.75, 3.05) is 39.9 Å². The molecule has 8 nitrogen and oxygen atoms in total. The Labute approximate surface area is 188 Å². The van der Waals surface area contributed by atoms with Gasteiger partial charge in [-0.3, -0.25) is 9.80 Å². The summed E-state index contributed by atoms with van der Waals surface area (Å²) in [7, 11) is 1.65. The second kappa shape index (κ2) is 8.75. The molecule has 2 aromatic rings. The molecular weight excluding hydrogens is 406 g/mol. The Morgan fingerprint density at radius 2 is 2.19 bits per heavy atom. The van der Waals surface area contributed by atoms with Crippen LogP contribution >= 0.6 is 0 Å². The van der Waals surface area contributed by atoms with Gasteiger partial charge >= 0.3 is 0 Å². The van der Waals surface area contributed by atoms with Crippen LogP contribution < -0.4 is 10.1 Å². The number of nitrogens with one attached hydrogen (secondary N) is 2. The number of benzene rings is 1. The Bertz CT molecular complexity index is 995. The lowest BCUT2D eigenvalue weighted by Crippen LogP contribution is -2.46. The second-order valence-electron chi connectivity index (χ2n) is 9.51. The predicted octanol–water partition coefficient (Wildman–Crippen LogP) is 2.20. The first-order valence-corrected chi connectivity index (χ1v) is 11.7. The highest BCUT2D eigenvalue weighted by molar-refractivity contribution is 6.09. The molecule has 172 valence electrons. The van der Waals surface area contributed by atoms with Crippen LogP contribution in [0.5, 0.6) is 5.75 Å². The van der Waals surface area contributed by atoms with Crippen LogP contribution in [0.2, 0.25) is 0 Å². The maximum atomic E-state index is 13.4. The highest BCUT2D eigenvalue weighted by atomic mass is 16.5. The van der Waals surface area contributed by atoms with Crippen LogP contribution in [0.4, 0.5) is 0 Å². The van der Waals surface area contributed by atoms with Crippen molar-refractivity contribution in [1.82, 2.24) is 20.2 Å². The highest BCUT2D eigenvalue weighted by Gasteiger charge is 2.43. The fourth-order valence-corrected chi connectivity index (χ4v) is 5.73. The number of likely N-dealkylation sites (tertiary alicyclic amines) is 1. The van der Waals surface area contributed by atoms with Gasteiger partial charge in [-0.1, -0.05) is 6.07 Å². The first-order chi connectivity index (χ1) is 15.6. The molecule has 1 atom stereocenters. The number of carbonyl (C=O) groups is 1. The molecule has 32 heavy (non-hydrogen) atoms. The molecule has 1 spiro atoms. The number of aliphatic hydroxyl groups is 1. The van der Waals surface area contributed by atoms with Crippen LogP contribution in [0.15, 0.2) is 29.5 Å². The van der Waals surface area contributed by atoms with Gasteiger partial charge < -0.3 is 25.0 Å². The van der Waals surface area contributed by atoms with Gasteiger partial charge in [0.15, 0.2) is 0 Å². The smallest absolute Gasteiger partial charge is 0.256 e. The molecule has 3 N–H and O–H groups in total. The number of methoxy groups -OCH3 is 1. The Morgan fingerprint density at radius 3 is 2.97 bits per heavy atom. The van der Waals surface area contributed by atoms with E-state index in [4.69, 9.17) is 9.84 Å².